The van der Waals surface area contributed by atoms with E-state index in [4.69, 9.17) is 4.43 Å². The van der Waals surface area contributed by atoms with E-state index >= 15 is 0 Å². The number of aldehydes is 1. The van der Waals surface area contributed by atoms with E-state index in [-0.39, 0.29) is 5.04 Å². The first-order valence-corrected chi connectivity index (χ1v) is 9.95. The Balaban J connectivity index is 2.56. The van der Waals surface area contributed by atoms with Gasteiger partial charge in [-0.3, -0.25) is 4.79 Å². The van der Waals surface area contributed by atoms with E-state index in [0.717, 1.165) is 29.9 Å². The molecule has 0 bridgehead atoms. The van der Waals surface area contributed by atoms with Crippen molar-refractivity contribution >= 4 is 25.9 Å². The summed E-state index contributed by atoms with van der Waals surface area (Å²) in [5, 5.41) is 0.804. The van der Waals surface area contributed by atoms with E-state index in [9.17, 15) is 4.79 Å². The molecule has 3 nitrogen and oxygen atoms in total. The molecule has 5 heteroatoms. The summed E-state index contributed by atoms with van der Waals surface area (Å²) >= 11 is 1.47. The zero-order chi connectivity index (χ0) is 14.0. The molecule has 0 atom stereocenters. The molecule has 0 amide bonds. The zero-order valence-corrected chi connectivity index (χ0v) is 14.0. The number of hydrogen-bond donors (Lipinski definition) is 0. The fraction of sp³-hybridized carbons (Fsp3) is 0.692. The van der Waals surface area contributed by atoms with Gasteiger partial charge < -0.3 is 4.43 Å². The summed E-state index contributed by atoms with van der Waals surface area (Å²) in [6, 6.07) is 0. The van der Waals surface area contributed by atoms with Crippen molar-refractivity contribution in [1.82, 2.24) is 4.98 Å². The van der Waals surface area contributed by atoms with Gasteiger partial charge in [0.2, 0.25) is 0 Å². The topological polar surface area (TPSA) is 39.2 Å². The van der Waals surface area contributed by atoms with Crippen molar-refractivity contribution in [3.8, 4) is 0 Å². The second kappa shape index (κ2) is 5.63. The Morgan fingerprint density at radius 3 is 2.44 bits per heavy atom. The van der Waals surface area contributed by atoms with Gasteiger partial charge in [-0.1, -0.05) is 20.8 Å². The van der Waals surface area contributed by atoms with Crippen LogP contribution in [0.15, 0.2) is 0 Å². The molecular weight excluding hydrogens is 262 g/mol. The van der Waals surface area contributed by atoms with Crippen LogP contribution in [-0.4, -0.2) is 26.2 Å². The molecule has 1 aromatic heterocycles. The SMILES string of the molecule is Cc1nc(C=O)sc1CCO[Si](C)(C)C(C)(C)C. The van der Waals surface area contributed by atoms with Crippen LogP contribution < -0.4 is 0 Å². The predicted octanol–water partition coefficient (Wildman–Crippen LogP) is 3.83. The van der Waals surface area contributed by atoms with Gasteiger partial charge in [0, 0.05) is 17.9 Å². The van der Waals surface area contributed by atoms with Crippen molar-refractivity contribution in [1.29, 1.82) is 0 Å². The molecule has 0 aromatic carbocycles. The number of carbonyl (C=O) groups excluding carboxylic acids is 1. The largest absolute Gasteiger partial charge is 0.416 e. The summed E-state index contributed by atoms with van der Waals surface area (Å²) in [6.45, 7) is 13.9. The van der Waals surface area contributed by atoms with Gasteiger partial charge >= 0.3 is 0 Å². The van der Waals surface area contributed by atoms with Crippen LogP contribution >= 0.6 is 11.3 Å². The van der Waals surface area contributed by atoms with Gasteiger partial charge in [0.1, 0.15) is 0 Å². The van der Waals surface area contributed by atoms with E-state index < -0.39 is 8.32 Å². The minimum atomic E-state index is -1.66. The number of thiazole rings is 1. The Kier molecular flexibility index (Phi) is 4.86. The minimum Gasteiger partial charge on any atom is -0.416 e. The Morgan fingerprint density at radius 2 is 2.00 bits per heavy atom. The van der Waals surface area contributed by atoms with Crippen LogP contribution in [0.1, 0.15) is 41.1 Å². The lowest BCUT2D eigenvalue weighted by molar-refractivity contribution is 0.112. The van der Waals surface area contributed by atoms with Crippen LogP contribution in [0.5, 0.6) is 0 Å². The van der Waals surface area contributed by atoms with Crippen LogP contribution in [0.4, 0.5) is 0 Å². The lowest BCUT2D eigenvalue weighted by Gasteiger charge is -2.36. The van der Waals surface area contributed by atoms with E-state index in [0.29, 0.717) is 5.01 Å². The zero-order valence-electron chi connectivity index (χ0n) is 12.2. The van der Waals surface area contributed by atoms with Crippen molar-refractivity contribution < 1.29 is 9.22 Å². The highest BCUT2D eigenvalue weighted by molar-refractivity contribution is 7.13. The Labute approximate surface area is 115 Å². The van der Waals surface area contributed by atoms with Gasteiger partial charge in [-0.25, -0.2) is 4.98 Å². The van der Waals surface area contributed by atoms with Gasteiger partial charge in [-0.2, -0.15) is 0 Å². The highest BCUT2D eigenvalue weighted by Gasteiger charge is 2.36. The third kappa shape index (κ3) is 3.73. The maximum Gasteiger partial charge on any atom is 0.191 e. The average molecular weight is 285 g/mol. The predicted molar refractivity (Wildman–Crippen MR) is 79.1 cm³/mol. The maximum atomic E-state index is 10.7. The highest BCUT2D eigenvalue weighted by atomic mass is 32.1. The first-order chi connectivity index (χ1) is 8.17. The van der Waals surface area contributed by atoms with Gasteiger partial charge in [-0.05, 0) is 25.1 Å². The Hall–Kier alpha value is -0.523. The van der Waals surface area contributed by atoms with Crippen molar-refractivity contribution in [3.05, 3.63) is 15.6 Å². The first kappa shape index (κ1) is 15.5. The molecular formula is C13H23NO2SSi. The lowest BCUT2D eigenvalue weighted by Crippen LogP contribution is -2.41. The minimum absolute atomic E-state index is 0.240. The second-order valence-electron chi connectivity index (χ2n) is 6.04. The third-order valence-corrected chi connectivity index (χ3v) is 9.29. The number of carbonyl (C=O) groups is 1. The van der Waals surface area contributed by atoms with Crippen LogP contribution in [0.25, 0.3) is 0 Å². The van der Waals surface area contributed by atoms with E-state index in [1.807, 2.05) is 6.92 Å². The fourth-order valence-corrected chi connectivity index (χ4v) is 3.26. The smallest absolute Gasteiger partial charge is 0.191 e. The molecule has 102 valence electrons. The number of nitrogens with zero attached hydrogens (tertiary/aromatic N) is 1. The molecule has 0 unspecified atom stereocenters. The van der Waals surface area contributed by atoms with Gasteiger partial charge in [-0.15, -0.1) is 11.3 Å². The molecule has 1 rings (SSSR count). The molecule has 0 saturated heterocycles. The Bertz CT molecular complexity index is 421. The number of rotatable bonds is 5. The summed E-state index contributed by atoms with van der Waals surface area (Å²) < 4.78 is 6.13. The molecule has 0 fully saturated rings. The van der Waals surface area contributed by atoms with Gasteiger partial charge in [0.25, 0.3) is 0 Å². The first-order valence-electron chi connectivity index (χ1n) is 6.23. The molecule has 1 heterocycles. The summed E-state index contributed by atoms with van der Waals surface area (Å²) in [6.07, 6.45) is 1.67. The number of aromatic nitrogens is 1. The van der Waals surface area contributed by atoms with E-state index in [1.165, 1.54) is 11.3 Å². The molecule has 0 radical (unpaired) electrons. The Morgan fingerprint density at radius 1 is 1.39 bits per heavy atom. The summed E-state index contributed by atoms with van der Waals surface area (Å²) in [5.74, 6) is 0. The van der Waals surface area contributed by atoms with Crippen LogP contribution in [-0.2, 0) is 10.8 Å². The average Bonchev–Trinajstić information content (AvgIpc) is 2.58. The number of aryl methyl sites for hydroxylation is 1. The lowest BCUT2D eigenvalue weighted by atomic mass is 10.2. The summed E-state index contributed by atoms with van der Waals surface area (Å²) in [4.78, 5) is 16.0. The van der Waals surface area contributed by atoms with Crippen molar-refractivity contribution in [2.45, 2.75) is 52.2 Å². The van der Waals surface area contributed by atoms with Crippen molar-refractivity contribution in [3.63, 3.8) is 0 Å². The molecule has 0 aliphatic rings. The van der Waals surface area contributed by atoms with E-state index in [1.54, 1.807) is 0 Å². The number of hydrogen-bond acceptors (Lipinski definition) is 4. The third-order valence-electron chi connectivity index (χ3n) is 3.61. The molecule has 0 spiro atoms. The standard InChI is InChI=1S/C13H23NO2SSi/c1-10-11(17-12(9-15)14-10)7-8-16-18(5,6)13(2,3)4/h9H,7-8H2,1-6H3. The van der Waals surface area contributed by atoms with Crippen LogP contribution in [0, 0.1) is 6.92 Å². The van der Waals surface area contributed by atoms with E-state index in [2.05, 4.69) is 38.8 Å². The van der Waals surface area contributed by atoms with Crippen LogP contribution in [0.2, 0.25) is 18.1 Å². The monoisotopic (exact) mass is 285 g/mol. The molecule has 0 N–H and O–H groups in total. The molecule has 1 aromatic rings. The molecule has 0 aliphatic heterocycles. The van der Waals surface area contributed by atoms with Gasteiger partial charge in [0.05, 0.1) is 5.69 Å². The molecule has 0 aliphatic carbocycles. The van der Waals surface area contributed by atoms with Crippen LogP contribution in [0.3, 0.4) is 0 Å². The van der Waals surface area contributed by atoms with Gasteiger partial charge in [0.15, 0.2) is 19.6 Å². The summed E-state index contributed by atoms with van der Waals surface area (Å²) in [7, 11) is -1.66. The molecule has 18 heavy (non-hydrogen) atoms. The quantitative estimate of drug-likeness (QED) is 0.609. The summed E-state index contributed by atoms with van der Waals surface area (Å²) in [5.41, 5.74) is 0.959. The normalized spacial score (nSPS) is 12.8. The maximum absolute atomic E-state index is 10.7. The fourth-order valence-electron chi connectivity index (χ4n) is 1.35. The molecule has 0 saturated carbocycles. The highest BCUT2D eigenvalue weighted by Crippen LogP contribution is 2.36. The van der Waals surface area contributed by atoms with Crippen molar-refractivity contribution in [2.24, 2.45) is 0 Å². The second-order valence-corrected chi connectivity index (χ2v) is 12.0. The van der Waals surface area contributed by atoms with Crippen molar-refractivity contribution in [2.75, 3.05) is 6.61 Å².